The van der Waals surface area contributed by atoms with Crippen molar-refractivity contribution in [1.29, 1.82) is 0 Å². The van der Waals surface area contributed by atoms with Crippen molar-refractivity contribution in [2.45, 2.75) is 25.7 Å². The number of carbonyl (C=O) groups excluding carboxylic acids is 1. The maximum absolute atomic E-state index is 12.7. The van der Waals surface area contributed by atoms with Crippen LogP contribution in [0.15, 0.2) is 35.8 Å². The van der Waals surface area contributed by atoms with Gasteiger partial charge in [-0.3, -0.25) is 4.79 Å². The van der Waals surface area contributed by atoms with E-state index in [0.29, 0.717) is 13.0 Å². The lowest BCUT2D eigenvalue weighted by atomic mass is 10.1. The van der Waals surface area contributed by atoms with Crippen LogP contribution >= 0.6 is 11.3 Å². The van der Waals surface area contributed by atoms with Gasteiger partial charge in [0.25, 0.3) is 0 Å². The van der Waals surface area contributed by atoms with Gasteiger partial charge in [0.1, 0.15) is 5.82 Å². The van der Waals surface area contributed by atoms with Gasteiger partial charge in [0.2, 0.25) is 5.91 Å². The van der Waals surface area contributed by atoms with Crippen molar-refractivity contribution in [3.05, 3.63) is 52.2 Å². The number of aromatic nitrogens is 1. The second-order valence-electron chi connectivity index (χ2n) is 4.51. The van der Waals surface area contributed by atoms with Gasteiger partial charge in [-0.1, -0.05) is 12.1 Å². The van der Waals surface area contributed by atoms with Gasteiger partial charge < -0.3 is 5.32 Å². The fourth-order valence-corrected chi connectivity index (χ4v) is 2.50. The molecule has 3 nitrogen and oxygen atoms in total. The Morgan fingerprint density at radius 1 is 1.25 bits per heavy atom. The molecular formula is C15H17FN2OS. The Bertz CT molecular complexity index is 525. The molecule has 1 amide bonds. The van der Waals surface area contributed by atoms with E-state index in [-0.39, 0.29) is 11.7 Å². The van der Waals surface area contributed by atoms with Gasteiger partial charge in [0.05, 0.1) is 5.01 Å². The van der Waals surface area contributed by atoms with Crippen LogP contribution in [0.3, 0.4) is 0 Å². The van der Waals surface area contributed by atoms with Crippen LogP contribution in [0.4, 0.5) is 4.39 Å². The average molecular weight is 292 g/mol. The number of rotatable bonds is 7. The van der Waals surface area contributed by atoms with E-state index in [4.69, 9.17) is 0 Å². The van der Waals surface area contributed by atoms with Crippen molar-refractivity contribution in [2.24, 2.45) is 0 Å². The van der Waals surface area contributed by atoms with E-state index >= 15 is 0 Å². The Morgan fingerprint density at radius 3 is 2.75 bits per heavy atom. The predicted molar refractivity (Wildman–Crippen MR) is 78.2 cm³/mol. The van der Waals surface area contributed by atoms with Crippen LogP contribution in [0.25, 0.3) is 0 Å². The highest BCUT2D eigenvalue weighted by Gasteiger charge is 2.02. The van der Waals surface area contributed by atoms with Gasteiger partial charge in [-0.15, -0.1) is 11.3 Å². The van der Waals surface area contributed by atoms with Gasteiger partial charge in [-0.2, -0.15) is 0 Å². The Labute approximate surface area is 121 Å². The summed E-state index contributed by atoms with van der Waals surface area (Å²) in [4.78, 5) is 15.8. The van der Waals surface area contributed by atoms with Crippen molar-refractivity contribution in [3.63, 3.8) is 0 Å². The fourth-order valence-electron chi connectivity index (χ4n) is 1.88. The third kappa shape index (κ3) is 5.09. The SMILES string of the molecule is O=C(CCCc1ccc(F)cc1)NCCc1nccs1. The molecule has 5 heteroatoms. The van der Waals surface area contributed by atoms with Gasteiger partial charge in [-0.25, -0.2) is 9.37 Å². The summed E-state index contributed by atoms with van der Waals surface area (Å²) in [6, 6.07) is 6.41. The van der Waals surface area contributed by atoms with Gasteiger partial charge in [0.15, 0.2) is 0 Å². The number of benzene rings is 1. The van der Waals surface area contributed by atoms with E-state index in [1.165, 1.54) is 12.1 Å². The molecule has 2 aromatic rings. The summed E-state index contributed by atoms with van der Waals surface area (Å²) < 4.78 is 12.7. The summed E-state index contributed by atoms with van der Waals surface area (Å²) in [5, 5.41) is 5.85. The van der Waals surface area contributed by atoms with Crippen LogP contribution in [-0.2, 0) is 17.6 Å². The highest BCUT2D eigenvalue weighted by Crippen LogP contribution is 2.07. The molecule has 0 atom stereocenters. The largest absolute Gasteiger partial charge is 0.356 e. The number of hydrogen-bond acceptors (Lipinski definition) is 3. The molecule has 0 radical (unpaired) electrons. The first kappa shape index (κ1) is 14.7. The number of aryl methyl sites for hydroxylation is 1. The van der Waals surface area contributed by atoms with E-state index in [9.17, 15) is 9.18 Å². The third-order valence-electron chi connectivity index (χ3n) is 2.93. The lowest BCUT2D eigenvalue weighted by Crippen LogP contribution is -2.25. The van der Waals surface area contributed by atoms with E-state index < -0.39 is 0 Å². The summed E-state index contributed by atoms with van der Waals surface area (Å²) in [7, 11) is 0. The van der Waals surface area contributed by atoms with Crippen molar-refractivity contribution in [1.82, 2.24) is 10.3 Å². The van der Waals surface area contributed by atoms with Crippen LogP contribution < -0.4 is 5.32 Å². The maximum Gasteiger partial charge on any atom is 0.220 e. The molecule has 2 rings (SSSR count). The lowest BCUT2D eigenvalue weighted by molar-refractivity contribution is -0.121. The number of carbonyl (C=O) groups is 1. The zero-order valence-electron chi connectivity index (χ0n) is 11.1. The van der Waals surface area contributed by atoms with E-state index in [2.05, 4.69) is 10.3 Å². The lowest BCUT2D eigenvalue weighted by Gasteiger charge is -2.04. The van der Waals surface area contributed by atoms with Crippen molar-refractivity contribution >= 4 is 17.2 Å². The van der Waals surface area contributed by atoms with Crippen LogP contribution in [0.1, 0.15) is 23.4 Å². The minimum absolute atomic E-state index is 0.0590. The summed E-state index contributed by atoms with van der Waals surface area (Å²) in [6.45, 7) is 0.628. The first-order chi connectivity index (χ1) is 9.74. The van der Waals surface area contributed by atoms with E-state index in [1.54, 1.807) is 29.7 Å². The quantitative estimate of drug-likeness (QED) is 0.852. The first-order valence-corrected chi connectivity index (χ1v) is 7.51. The molecule has 1 aromatic carbocycles. The molecule has 0 fully saturated rings. The molecule has 1 aromatic heterocycles. The number of thiazole rings is 1. The minimum Gasteiger partial charge on any atom is -0.356 e. The Kier molecular flexibility index (Phi) is 5.68. The monoisotopic (exact) mass is 292 g/mol. The molecule has 0 aliphatic rings. The molecule has 0 aliphatic heterocycles. The van der Waals surface area contributed by atoms with Crippen molar-refractivity contribution in [2.75, 3.05) is 6.54 Å². The minimum atomic E-state index is -0.228. The van der Waals surface area contributed by atoms with Crippen LogP contribution in [0.2, 0.25) is 0 Å². The summed E-state index contributed by atoms with van der Waals surface area (Å²) >= 11 is 1.60. The zero-order chi connectivity index (χ0) is 14.2. The Hall–Kier alpha value is -1.75. The first-order valence-electron chi connectivity index (χ1n) is 6.63. The number of hydrogen-bond donors (Lipinski definition) is 1. The van der Waals surface area contributed by atoms with Gasteiger partial charge >= 0.3 is 0 Å². The average Bonchev–Trinajstić information content (AvgIpc) is 2.94. The smallest absolute Gasteiger partial charge is 0.220 e. The molecule has 106 valence electrons. The molecule has 0 bridgehead atoms. The number of nitrogens with one attached hydrogen (secondary N) is 1. The molecule has 0 unspecified atom stereocenters. The molecule has 1 N–H and O–H groups in total. The molecule has 0 aliphatic carbocycles. The van der Waals surface area contributed by atoms with E-state index in [0.717, 1.165) is 29.8 Å². The third-order valence-corrected chi connectivity index (χ3v) is 3.77. The standard InChI is InChI=1S/C15H17FN2OS/c16-13-6-4-12(5-7-13)2-1-3-14(19)17-9-8-15-18-10-11-20-15/h4-7,10-11H,1-3,8-9H2,(H,17,19). The zero-order valence-corrected chi connectivity index (χ0v) is 12.0. The number of nitrogens with zero attached hydrogens (tertiary/aromatic N) is 1. The van der Waals surface area contributed by atoms with Crippen LogP contribution in [0.5, 0.6) is 0 Å². The fraction of sp³-hybridized carbons (Fsp3) is 0.333. The van der Waals surface area contributed by atoms with E-state index in [1.807, 2.05) is 5.38 Å². The van der Waals surface area contributed by atoms with Crippen LogP contribution in [0, 0.1) is 5.82 Å². The normalized spacial score (nSPS) is 10.4. The van der Waals surface area contributed by atoms with Crippen molar-refractivity contribution < 1.29 is 9.18 Å². The topological polar surface area (TPSA) is 42.0 Å². The highest BCUT2D eigenvalue weighted by atomic mass is 32.1. The van der Waals surface area contributed by atoms with Gasteiger partial charge in [0, 0.05) is 31.0 Å². The Morgan fingerprint density at radius 2 is 2.05 bits per heavy atom. The van der Waals surface area contributed by atoms with Crippen molar-refractivity contribution in [3.8, 4) is 0 Å². The maximum atomic E-state index is 12.7. The summed E-state index contributed by atoms with van der Waals surface area (Å²) in [5.74, 6) is -0.169. The molecule has 1 heterocycles. The highest BCUT2D eigenvalue weighted by molar-refractivity contribution is 7.09. The van der Waals surface area contributed by atoms with Gasteiger partial charge in [-0.05, 0) is 30.5 Å². The predicted octanol–water partition coefficient (Wildman–Crippen LogP) is 2.96. The molecule has 0 saturated heterocycles. The second-order valence-corrected chi connectivity index (χ2v) is 5.48. The summed E-state index contributed by atoms with van der Waals surface area (Å²) in [5.41, 5.74) is 1.06. The number of halogens is 1. The second kappa shape index (κ2) is 7.75. The molecular weight excluding hydrogens is 275 g/mol. The summed E-state index contributed by atoms with van der Waals surface area (Å²) in [6.07, 6.45) is 4.61. The Balaban J connectivity index is 1.59. The molecule has 0 spiro atoms. The number of amides is 1. The molecule has 20 heavy (non-hydrogen) atoms. The molecule has 0 saturated carbocycles. The van der Waals surface area contributed by atoms with Crippen LogP contribution in [-0.4, -0.2) is 17.4 Å².